The summed E-state index contributed by atoms with van der Waals surface area (Å²) in [6.45, 7) is 15.2. The van der Waals surface area contributed by atoms with Gasteiger partial charge in [0.05, 0.1) is 12.8 Å². The van der Waals surface area contributed by atoms with E-state index >= 15 is 0 Å². The Morgan fingerprint density at radius 1 is 0.485 bits per heavy atom. The average Bonchev–Trinajstić information content (AvgIpc) is 2.71. The van der Waals surface area contributed by atoms with Crippen LogP contribution in [0, 0.1) is 0 Å². The molecule has 0 bridgehead atoms. The Labute approximate surface area is 202 Å². The molecule has 0 amide bonds. The summed E-state index contributed by atoms with van der Waals surface area (Å²) in [5, 5.41) is 0. The van der Waals surface area contributed by atoms with Crippen molar-refractivity contribution in [1.29, 1.82) is 0 Å². The SMILES string of the molecule is CC(C)=CCC/C(C)=C/CC/C(C)=C/COC(=O)CCC(=O)OC/C=C(\C)CCC=C(C)C. The van der Waals surface area contributed by atoms with Crippen LogP contribution in [0.25, 0.3) is 0 Å². The van der Waals surface area contributed by atoms with Crippen molar-refractivity contribution in [1.82, 2.24) is 0 Å². The van der Waals surface area contributed by atoms with Crippen LogP contribution in [-0.2, 0) is 19.1 Å². The van der Waals surface area contributed by atoms with Gasteiger partial charge in [-0.05, 0) is 99.1 Å². The van der Waals surface area contributed by atoms with Crippen LogP contribution in [0.5, 0.6) is 0 Å². The van der Waals surface area contributed by atoms with Gasteiger partial charge in [-0.1, -0.05) is 46.1 Å². The summed E-state index contributed by atoms with van der Waals surface area (Å²) in [5.41, 5.74) is 6.47. The van der Waals surface area contributed by atoms with E-state index in [1.165, 1.54) is 27.9 Å². The molecule has 186 valence electrons. The van der Waals surface area contributed by atoms with Gasteiger partial charge in [0.1, 0.15) is 13.2 Å². The van der Waals surface area contributed by atoms with Gasteiger partial charge in [0.2, 0.25) is 0 Å². The van der Waals surface area contributed by atoms with Gasteiger partial charge in [0.25, 0.3) is 0 Å². The van der Waals surface area contributed by atoms with Crippen molar-refractivity contribution in [2.45, 2.75) is 99.8 Å². The minimum absolute atomic E-state index is 0.0442. The van der Waals surface area contributed by atoms with Gasteiger partial charge in [0.15, 0.2) is 0 Å². The first-order valence-electron chi connectivity index (χ1n) is 12.1. The number of hydrogen-bond donors (Lipinski definition) is 0. The standard InChI is InChI=1S/C29H46O4/c1-23(2)11-8-13-25(5)15-10-16-27(7)20-22-33-29(31)18-17-28(30)32-21-19-26(6)14-9-12-24(3)4/h11-12,15,19-20H,8-10,13-14,16-18,21-22H2,1-7H3/b25-15+,26-19+,27-20+. The van der Waals surface area contributed by atoms with Crippen molar-refractivity contribution in [2.75, 3.05) is 13.2 Å². The van der Waals surface area contributed by atoms with Crippen molar-refractivity contribution in [3.05, 3.63) is 58.2 Å². The number of rotatable bonds is 16. The molecule has 0 fully saturated rings. The maximum Gasteiger partial charge on any atom is 0.306 e. The fourth-order valence-electron chi connectivity index (χ4n) is 2.93. The third-order valence-electron chi connectivity index (χ3n) is 5.10. The molecule has 33 heavy (non-hydrogen) atoms. The summed E-state index contributed by atoms with van der Waals surface area (Å²) >= 11 is 0. The summed E-state index contributed by atoms with van der Waals surface area (Å²) < 4.78 is 10.4. The van der Waals surface area contributed by atoms with Gasteiger partial charge in [-0.2, -0.15) is 0 Å². The second-order valence-electron chi connectivity index (χ2n) is 9.20. The highest BCUT2D eigenvalue weighted by Gasteiger charge is 2.08. The van der Waals surface area contributed by atoms with Gasteiger partial charge in [-0.15, -0.1) is 0 Å². The molecule has 0 aromatic carbocycles. The van der Waals surface area contributed by atoms with Crippen LogP contribution in [0.15, 0.2) is 58.2 Å². The third kappa shape index (κ3) is 21.3. The molecule has 0 aliphatic heterocycles. The Morgan fingerprint density at radius 3 is 1.18 bits per heavy atom. The Morgan fingerprint density at radius 2 is 0.818 bits per heavy atom. The highest BCUT2D eigenvalue weighted by atomic mass is 16.5. The molecule has 0 saturated carbocycles. The highest BCUT2D eigenvalue weighted by Crippen LogP contribution is 2.11. The Balaban J connectivity index is 4.00. The monoisotopic (exact) mass is 458 g/mol. The van der Waals surface area contributed by atoms with E-state index in [-0.39, 0.29) is 38.0 Å². The summed E-state index contributed by atoms with van der Waals surface area (Å²) in [6, 6.07) is 0. The zero-order valence-corrected chi connectivity index (χ0v) is 22.1. The number of allylic oxidation sites excluding steroid dienone is 8. The van der Waals surface area contributed by atoms with E-state index in [1.54, 1.807) is 0 Å². The van der Waals surface area contributed by atoms with E-state index in [9.17, 15) is 9.59 Å². The van der Waals surface area contributed by atoms with Gasteiger partial charge in [-0.25, -0.2) is 0 Å². The normalized spacial score (nSPS) is 12.3. The first-order valence-corrected chi connectivity index (χ1v) is 12.1. The fraction of sp³-hybridized carbons (Fsp3) is 0.586. The molecule has 0 aliphatic rings. The van der Waals surface area contributed by atoms with Crippen LogP contribution >= 0.6 is 0 Å². The van der Waals surface area contributed by atoms with E-state index in [1.807, 2.05) is 26.0 Å². The lowest BCUT2D eigenvalue weighted by atomic mass is 10.1. The zero-order valence-electron chi connectivity index (χ0n) is 22.1. The van der Waals surface area contributed by atoms with E-state index < -0.39 is 0 Å². The minimum atomic E-state index is -0.376. The molecule has 0 unspecified atom stereocenters. The first kappa shape index (κ1) is 30.6. The topological polar surface area (TPSA) is 52.6 Å². The van der Waals surface area contributed by atoms with Crippen molar-refractivity contribution in [2.24, 2.45) is 0 Å². The van der Waals surface area contributed by atoms with E-state index in [2.05, 4.69) is 52.8 Å². The van der Waals surface area contributed by atoms with Gasteiger partial charge < -0.3 is 9.47 Å². The lowest BCUT2D eigenvalue weighted by Crippen LogP contribution is -2.10. The highest BCUT2D eigenvalue weighted by molar-refractivity contribution is 5.77. The number of esters is 2. The van der Waals surface area contributed by atoms with Crippen LogP contribution in [0.3, 0.4) is 0 Å². The van der Waals surface area contributed by atoms with E-state index in [0.29, 0.717) is 0 Å². The Bertz CT molecular complexity index is 740. The summed E-state index contributed by atoms with van der Waals surface area (Å²) in [6.07, 6.45) is 16.8. The van der Waals surface area contributed by atoms with Crippen LogP contribution < -0.4 is 0 Å². The fourth-order valence-corrected chi connectivity index (χ4v) is 2.93. The largest absolute Gasteiger partial charge is 0.461 e. The summed E-state index contributed by atoms with van der Waals surface area (Å²) in [4.78, 5) is 23.6. The molecular formula is C29H46O4. The molecule has 0 spiro atoms. The summed E-state index contributed by atoms with van der Waals surface area (Å²) in [5.74, 6) is -0.752. The number of carbonyl (C=O) groups is 2. The third-order valence-corrected chi connectivity index (χ3v) is 5.10. The molecule has 0 aromatic rings. The van der Waals surface area contributed by atoms with Crippen molar-refractivity contribution < 1.29 is 19.1 Å². The minimum Gasteiger partial charge on any atom is -0.461 e. The molecule has 0 saturated heterocycles. The molecule has 0 N–H and O–H groups in total. The lowest BCUT2D eigenvalue weighted by Gasteiger charge is -2.05. The average molecular weight is 459 g/mol. The smallest absolute Gasteiger partial charge is 0.306 e. The first-order chi connectivity index (χ1) is 15.6. The molecule has 4 nitrogen and oxygen atoms in total. The maximum absolute atomic E-state index is 11.8. The zero-order chi connectivity index (χ0) is 25.1. The predicted molar refractivity (Wildman–Crippen MR) is 139 cm³/mol. The van der Waals surface area contributed by atoms with Gasteiger partial charge in [0, 0.05) is 0 Å². The van der Waals surface area contributed by atoms with Crippen LogP contribution in [0.1, 0.15) is 99.8 Å². The second kappa shape index (κ2) is 19.1. The van der Waals surface area contributed by atoms with Crippen LogP contribution in [0.2, 0.25) is 0 Å². The van der Waals surface area contributed by atoms with Crippen molar-refractivity contribution >= 4 is 11.9 Å². The van der Waals surface area contributed by atoms with Gasteiger partial charge in [-0.3, -0.25) is 9.59 Å². The number of ether oxygens (including phenoxy) is 2. The maximum atomic E-state index is 11.8. The lowest BCUT2D eigenvalue weighted by molar-refractivity contribution is -0.149. The molecule has 0 atom stereocenters. The molecule has 4 heteroatoms. The number of hydrogen-bond acceptors (Lipinski definition) is 4. The summed E-state index contributed by atoms with van der Waals surface area (Å²) in [7, 11) is 0. The molecular weight excluding hydrogens is 412 g/mol. The van der Waals surface area contributed by atoms with Gasteiger partial charge >= 0.3 is 11.9 Å². The Hall–Kier alpha value is -2.36. The van der Waals surface area contributed by atoms with Crippen molar-refractivity contribution in [3.63, 3.8) is 0 Å². The molecule has 0 aliphatic carbocycles. The van der Waals surface area contributed by atoms with E-state index in [0.717, 1.165) is 38.5 Å². The molecule has 0 radical (unpaired) electrons. The van der Waals surface area contributed by atoms with E-state index in [4.69, 9.17) is 9.47 Å². The second-order valence-corrected chi connectivity index (χ2v) is 9.20. The predicted octanol–water partition coefficient (Wildman–Crippen LogP) is 7.96. The van der Waals surface area contributed by atoms with Crippen LogP contribution in [0.4, 0.5) is 0 Å². The Kier molecular flexibility index (Phi) is 17.8. The quantitative estimate of drug-likeness (QED) is 0.174. The van der Waals surface area contributed by atoms with Crippen molar-refractivity contribution in [3.8, 4) is 0 Å². The van der Waals surface area contributed by atoms with Crippen LogP contribution in [-0.4, -0.2) is 25.2 Å². The molecule has 0 heterocycles. The number of carbonyl (C=O) groups excluding carboxylic acids is 2. The molecule has 0 aromatic heterocycles. The molecule has 0 rings (SSSR count).